The molecule has 0 aromatic heterocycles. The molecule has 0 bridgehead atoms. The van der Waals surface area contributed by atoms with Gasteiger partial charge < -0.3 is 5.32 Å². The summed E-state index contributed by atoms with van der Waals surface area (Å²) in [7, 11) is 0. The van der Waals surface area contributed by atoms with Gasteiger partial charge in [-0.15, -0.1) is 0 Å². The van der Waals surface area contributed by atoms with Crippen molar-refractivity contribution < 1.29 is 9.59 Å². The third-order valence-corrected chi connectivity index (χ3v) is 7.30. The number of nitrogens with one attached hydrogen (secondary N) is 1. The first-order valence-electron chi connectivity index (χ1n) is 11.3. The molecule has 0 aliphatic carbocycles. The van der Waals surface area contributed by atoms with Crippen LogP contribution in [0.5, 0.6) is 0 Å². The minimum Gasteiger partial charge on any atom is -0.326 e. The highest BCUT2D eigenvalue weighted by Crippen LogP contribution is 2.38. The Morgan fingerprint density at radius 2 is 1.77 bits per heavy atom. The van der Waals surface area contributed by atoms with Gasteiger partial charge in [-0.05, 0) is 42.3 Å². The zero-order valence-corrected chi connectivity index (χ0v) is 20.6. The van der Waals surface area contributed by atoms with Crippen LogP contribution < -0.4 is 5.32 Å². The summed E-state index contributed by atoms with van der Waals surface area (Å²) >= 11 is 7.20. The van der Waals surface area contributed by atoms with E-state index in [1.54, 1.807) is 24.3 Å². The van der Waals surface area contributed by atoms with Crippen molar-refractivity contribution in [3.05, 3.63) is 101 Å². The molecule has 0 saturated heterocycles. The molecule has 2 aliphatic heterocycles. The van der Waals surface area contributed by atoms with Crippen LogP contribution in [0.1, 0.15) is 35.6 Å². The maximum Gasteiger partial charge on any atom is 0.262 e. The summed E-state index contributed by atoms with van der Waals surface area (Å²) in [5, 5.41) is 10.1. The molecular formula is C27H23ClN4O2S. The summed E-state index contributed by atoms with van der Waals surface area (Å²) in [5.41, 5.74) is 4.90. The Morgan fingerprint density at radius 1 is 1.06 bits per heavy atom. The summed E-state index contributed by atoms with van der Waals surface area (Å²) in [6.07, 6.45) is 0.722. The topological polar surface area (TPSA) is 74.1 Å². The van der Waals surface area contributed by atoms with Gasteiger partial charge in [-0.25, -0.2) is 5.01 Å². The molecule has 35 heavy (non-hydrogen) atoms. The summed E-state index contributed by atoms with van der Waals surface area (Å²) in [5.74, 6) is -0.568. The van der Waals surface area contributed by atoms with E-state index in [2.05, 4.69) is 53.6 Å². The van der Waals surface area contributed by atoms with Gasteiger partial charge >= 0.3 is 0 Å². The second kappa shape index (κ2) is 10.1. The van der Waals surface area contributed by atoms with Crippen LogP contribution in [0, 0.1) is 6.92 Å². The van der Waals surface area contributed by atoms with Crippen molar-refractivity contribution >= 4 is 51.7 Å². The normalized spacial score (nSPS) is 19.5. The van der Waals surface area contributed by atoms with Crippen LogP contribution in [0.25, 0.3) is 0 Å². The lowest BCUT2D eigenvalue weighted by Crippen LogP contribution is -2.25. The van der Waals surface area contributed by atoms with E-state index in [-0.39, 0.29) is 24.3 Å². The van der Waals surface area contributed by atoms with Crippen LogP contribution in [-0.4, -0.2) is 33.0 Å². The quantitative estimate of drug-likeness (QED) is 0.476. The molecular weight excluding hydrogens is 480 g/mol. The number of hydrogen-bond acceptors (Lipinski definition) is 5. The first kappa shape index (κ1) is 23.3. The zero-order chi connectivity index (χ0) is 24.4. The van der Waals surface area contributed by atoms with Crippen LogP contribution in [0.4, 0.5) is 5.69 Å². The molecule has 0 spiro atoms. The van der Waals surface area contributed by atoms with Crippen LogP contribution in [0.15, 0.2) is 89.0 Å². The Bertz CT molecular complexity index is 1310. The largest absolute Gasteiger partial charge is 0.326 e. The fourth-order valence-electron chi connectivity index (χ4n) is 4.06. The van der Waals surface area contributed by atoms with Crippen molar-refractivity contribution in [3.63, 3.8) is 0 Å². The van der Waals surface area contributed by atoms with Crippen LogP contribution in [0.2, 0.25) is 5.02 Å². The average molecular weight is 503 g/mol. The molecule has 3 aromatic carbocycles. The lowest BCUT2D eigenvalue weighted by molar-refractivity contribution is -0.121. The van der Waals surface area contributed by atoms with Crippen LogP contribution >= 0.6 is 23.4 Å². The van der Waals surface area contributed by atoms with Crippen molar-refractivity contribution in [3.8, 4) is 0 Å². The minimum absolute atomic E-state index is 0.0253. The number of amidine groups is 1. The Hall–Kier alpha value is -3.42. The lowest BCUT2D eigenvalue weighted by atomic mass is 9.98. The first-order chi connectivity index (χ1) is 17.0. The summed E-state index contributed by atoms with van der Waals surface area (Å²) in [6.45, 7) is 2.05. The summed E-state index contributed by atoms with van der Waals surface area (Å²) in [6, 6.07) is 25.1. The Kier molecular flexibility index (Phi) is 6.70. The van der Waals surface area contributed by atoms with Crippen molar-refractivity contribution in [1.29, 1.82) is 0 Å². The van der Waals surface area contributed by atoms with Gasteiger partial charge in [-0.1, -0.05) is 83.5 Å². The number of hydrogen-bond donors (Lipinski definition) is 1. The second-order valence-corrected chi connectivity index (χ2v) is 10.1. The molecule has 5 rings (SSSR count). The van der Waals surface area contributed by atoms with E-state index in [0.717, 1.165) is 16.8 Å². The Balaban J connectivity index is 1.33. The fourth-order valence-corrected chi connectivity index (χ4v) is 5.25. The van der Waals surface area contributed by atoms with Crippen molar-refractivity contribution in [2.45, 2.75) is 31.1 Å². The van der Waals surface area contributed by atoms with Gasteiger partial charge in [0.15, 0.2) is 5.17 Å². The van der Waals surface area contributed by atoms with Crippen molar-refractivity contribution in [1.82, 2.24) is 5.01 Å². The molecule has 0 radical (unpaired) electrons. The molecule has 2 atom stereocenters. The third-order valence-electron chi connectivity index (χ3n) is 5.90. The number of hydrazone groups is 1. The van der Waals surface area contributed by atoms with E-state index in [0.29, 0.717) is 22.3 Å². The Labute approximate surface area is 213 Å². The molecule has 6 nitrogen and oxygen atoms in total. The SMILES string of the molecule is Cc1ccc(C2=NN(C3=NC(=O)[C@H](CC(=O)Nc4ccc(Cl)cc4)S3)[C@H](c3ccccc3)C2)cc1. The standard InChI is InChI=1S/C27H23ClN4O2S/c1-17-7-9-18(10-8-17)22-15-23(19-5-3-2-4-6-19)32(31-22)27-30-26(34)24(35-27)16-25(33)29-21-13-11-20(28)12-14-21/h2-14,23-24H,15-16H2,1H3,(H,29,33)/t23-,24-/m0/s1. The van der Waals surface area contributed by atoms with E-state index in [9.17, 15) is 9.59 Å². The van der Waals surface area contributed by atoms with Gasteiger partial charge in [0.05, 0.1) is 11.8 Å². The number of benzene rings is 3. The highest BCUT2D eigenvalue weighted by Gasteiger charge is 2.39. The molecule has 3 aromatic rings. The number of anilines is 1. The number of aryl methyl sites for hydroxylation is 1. The number of carbonyl (C=O) groups is 2. The molecule has 2 heterocycles. The zero-order valence-electron chi connectivity index (χ0n) is 19.0. The van der Waals surface area contributed by atoms with Gasteiger partial charge in [-0.2, -0.15) is 10.1 Å². The number of amides is 2. The molecule has 0 fully saturated rings. The van der Waals surface area contributed by atoms with E-state index in [1.807, 2.05) is 23.2 Å². The van der Waals surface area contributed by atoms with E-state index in [4.69, 9.17) is 16.7 Å². The molecule has 8 heteroatoms. The maximum atomic E-state index is 12.7. The van der Waals surface area contributed by atoms with E-state index >= 15 is 0 Å². The predicted molar refractivity (Wildman–Crippen MR) is 142 cm³/mol. The number of aliphatic imine (C=N–C) groups is 1. The summed E-state index contributed by atoms with van der Waals surface area (Å²) < 4.78 is 0. The van der Waals surface area contributed by atoms with Crippen molar-refractivity contribution in [2.75, 3.05) is 5.32 Å². The molecule has 176 valence electrons. The van der Waals surface area contributed by atoms with Gasteiger partial charge in [0, 0.05) is 23.6 Å². The number of rotatable bonds is 5. The van der Waals surface area contributed by atoms with Gasteiger partial charge in [0.2, 0.25) is 5.91 Å². The predicted octanol–water partition coefficient (Wildman–Crippen LogP) is 5.83. The number of nitrogens with zero attached hydrogens (tertiary/aromatic N) is 3. The van der Waals surface area contributed by atoms with Crippen molar-refractivity contribution in [2.24, 2.45) is 10.1 Å². The third kappa shape index (κ3) is 5.31. The number of thioether (sulfide) groups is 1. The number of halogens is 1. The summed E-state index contributed by atoms with van der Waals surface area (Å²) in [4.78, 5) is 29.6. The molecule has 0 unspecified atom stereocenters. The van der Waals surface area contributed by atoms with E-state index < -0.39 is 5.25 Å². The highest BCUT2D eigenvalue weighted by molar-refractivity contribution is 8.15. The molecule has 2 aliphatic rings. The fraction of sp³-hybridized carbons (Fsp3) is 0.185. The lowest BCUT2D eigenvalue weighted by Gasteiger charge is -2.23. The smallest absolute Gasteiger partial charge is 0.262 e. The monoisotopic (exact) mass is 502 g/mol. The highest BCUT2D eigenvalue weighted by atomic mass is 35.5. The van der Waals surface area contributed by atoms with Gasteiger partial charge in [0.1, 0.15) is 5.25 Å². The van der Waals surface area contributed by atoms with Gasteiger partial charge in [0.25, 0.3) is 5.91 Å². The Morgan fingerprint density at radius 3 is 2.49 bits per heavy atom. The molecule has 1 N–H and O–H groups in total. The maximum absolute atomic E-state index is 12.7. The minimum atomic E-state index is -0.590. The number of carbonyl (C=O) groups excluding carboxylic acids is 2. The molecule has 2 amide bonds. The van der Waals surface area contributed by atoms with Crippen LogP contribution in [-0.2, 0) is 9.59 Å². The van der Waals surface area contributed by atoms with E-state index in [1.165, 1.54) is 17.3 Å². The first-order valence-corrected chi connectivity index (χ1v) is 12.6. The average Bonchev–Trinajstić information content (AvgIpc) is 3.46. The van der Waals surface area contributed by atoms with Gasteiger partial charge in [-0.3, -0.25) is 9.59 Å². The van der Waals surface area contributed by atoms with Crippen LogP contribution in [0.3, 0.4) is 0 Å². The second-order valence-electron chi connectivity index (χ2n) is 8.49. The molecule has 0 saturated carbocycles.